The molecule has 0 saturated carbocycles. The summed E-state index contributed by atoms with van der Waals surface area (Å²) in [6, 6.07) is 5.67. The molecule has 0 fully saturated rings. The van der Waals surface area contributed by atoms with E-state index >= 15 is 0 Å². The summed E-state index contributed by atoms with van der Waals surface area (Å²) in [5.74, 6) is -2.31. The van der Waals surface area contributed by atoms with Gasteiger partial charge in [0.05, 0.1) is 12.1 Å². The monoisotopic (exact) mass is 501 g/mol. The van der Waals surface area contributed by atoms with Crippen LogP contribution in [0.25, 0.3) is 0 Å². The number of nitrogens with one attached hydrogen (secondary N) is 4. The fourth-order valence-corrected chi connectivity index (χ4v) is 2.68. The lowest BCUT2D eigenvalue weighted by Crippen LogP contribution is -2.48. The van der Waals surface area contributed by atoms with Crippen LogP contribution in [0, 0.1) is 0 Å². The molecule has 13 nitrogen and oxygen atoms in total. The lowest BCUT2D eigenvalue weighted by molar-refractivity contribution is -0.139. The Morgan fingerprint density at radius 2 is 1.94 bits per heavy atom. The first kappa shape index (κ1) is 27.4. The number of phenolic OH excluding ortho intramolecular Hbond substituents is 1. The Balaban J connectivity index is 1.76. The van der Waals surface area contributed by atoms with Crippen LogP contribution in [0.15, 0.2) is 55.4 Å². The predicted molar refractivity (Wildman–Crippen MR) is 127 cm³/mol. The highest BCUT2D eigenvalue weighted by Gasteiger charge is 2.22. The van der Waals surface area contributed by atoms with Gasteiger partial charge in [-0.05, 0) is 23.8 Å². The molecule has 0 aliphatic carbocycles. The van der Waals surface area contributed by atoms with Crippen LogP contribution in [-0.4, -0.2) is 71.5 Å². The number of urea groups is 1. The van der Waals surface area contributed by atoms with Crippen LogP contribution in [0.2, 0.25) is 0 Å². The molecule has 0 unspecified atom stereocenters. The molecule has 1 aromatic heterocycles. The molecule has 2 rings (SSSR count). The van der Waals surface area contributed by atoms with E-state index in [9.17, 15) is 29.4 Å². The number of alkyl carbamates (subject to hydrolysis) is 1. The van der Waals surface area contributed by atoms with E-state index in [-0.39, 0.29) is 37.1 Å². The number of aliphatic carboxylic acids is 1. The van der Waals surface area contributed by atoms with Crippen molar-refractivity contribution in [3.63, 3.8) is 0 Å². The molecule has 13 heteroatoms. The number of carboxylic acids is 1. The van der Waals surface area contributed by atoms with Gasteiger partial charge in [0.15, 0.2) is 0 Å². The molecule has 36 heavy (non-hydrogen) atoms. The molecule has 1 atom stereocenters. The van der Waals surface area contributed by atoms with Gasteiger partial charge in [-0.3, -0.25) is 9.78 Å². The van der Waals surface area contributed by atoms with Crippen LogP contribution in [0.3, 0.4) is 0 Å². The molecule has 2 aromatic rings. The normalized spacial score (nSPS) is 10.9. The second kappa shape index (κ2) is 14.5. The van der Waals surface area contributed by atoms with E-state index < -0.39 is 36.3 Å². The highest BCUT2D eigenvalue weighted by molar-refractivity contribution is 5.97. The van der Waals surface area contributed by atoms with Crippen LogP contribution in [0.4, 0.5) is 9.59 Å². The molecule has 6 N–H and O–H groups in total. The Bertz CT molecular complexity index is 1060. The van der Waals surface area contributed by atoms with E-state index in [0.29, 0.717) is 6.54 Å². The van der Waals surface area contributed by atoms with Gasteiger partial charge in [0.2, 0.25) is 0 Å². The minimum absolute atomic E-state index is 0.0964. The highest BCUT2D eigenvalue weighted by atomic mass is 16.5. The Morgan fingerprint density at radius 1 is 1.14 bits per heavy atom. The van der Waals surface area contributed by atoms with Crippen molar-refractivity contribution in [2.75, 3.05) is 26.3 Å². The first-order valence-corrected chi connectivity index (χ1v) is 10.7. The van der Waals surface area contributed by atoms with E-state index in [1.54, 1.807) is 18.5 Å². The minimum Gasteiger partial charge on any atom is -0.507 e. The van der Waals surface area contributed by atoms with Crippen molar-refractivity contribution in [3.05, 3.63) is 66.5 Å². The lowest BCUT2D eigenvalue weighted by Gasteiger charge is -2.15. The minimum atomic E-state index is -1.45. The van der Waals surface area contributed by atoms with Gasteiger partial charge in [0.1, 0.15) is 30.8 Å². The Kier molecular flexibility index (Phi) is 11.0. The maximum Gasteiger partial charge on any atom is 0.408 e. The average Bonchev–Trinajstić information content (AvgIpc) is 2.86. The topological polar surface area (TPSA) is 188 Å². The molecule has 0 bridgehead atoms. The molecular weight excluding hydrogens is 474 g/mol. The first-order chi connectivity index (χ1) is 17.3. The lowest BCUT2D eigenvalue weighted by atomic mass is 10.1. The highest BCUT2D eigenvalue weighted by Crippen LogP contribution is 2.23. The van der Waals surface area contributed by atoms with Crippen LogP contribution in [0.5, 0.6) is 11.5 Å². The average molecular weight is 501 g/mol. The molecular formula is C23H27N5O8. The number of benzene rings is 1. The van der Waals surface area contributed by atoms with Gasteiger partial charge in [-0.25, -0.2) is 14.4 Å². The molecule has 0 saturated heterocycles. The van der Waals surface area contributed by atoms with Crippen molar-refractivity contribution < 1.29 is 38.9 Å². The maximum atomic E-state index is 12.3. The van der Waals surface area contributed by atoms with Gasteiger partial charge in [0.25, 0.3) is 5.91 Å². The zero-order chi connectivity index (χ0) is 26.3. The van der Waals surface area contributed by atoms with Crippen LogP contribution in [-0.2, 0) is 16.1 Å². The molecule has 0 aliphatic heterocycles. The zero-order valence-corrected chi connectivity index (χ0v) is 19.2. The van der Waals surface area contributed by atoms with Crippen molar-refractivity contribution in [2.24, 2.45) is 0 Å². The number of hydrogen-bond donors (Lipinski definition) is 6. The van der Waals surface area contributed by atoms with E-state index in [0.717, 1.165) is 5.56 Å². The number of rotatable bonds is 13. The van der Waals surface area contributed by atoms with Crippen LogP contribution >= 0.6 is 0 Å². The summed E-state index contributed by atoms with van der Waals surface area (Å²) in [5, 5.41) is 29.1. The van der Waals surface area contributed by atoms with Gasteiger partial charge < -0.3 is 41.0 Å². The third-order valence-electron chi connectivity index (χ3n) is 4.44. The molecule has 0 radical (unpaired) electrons. The van der Waals surface area contributed by atoms with Crippen molar-refractivity contribution >= 4 is 24.0 Å². The van der Waals surface area contributed by atoms with E-state index in [4.69, 9.17) is 4.74 Å². The number of carboxylic acid groups (broad SMARTS) is 1. The number of pyridine rings is 1. The summed E-state index contributed by atoms with van der Waals surface area (Å²) in [7, 11) is 0. The van der Waals surface area contributed by atoms with Gasteiger partial charge >= 0.3 is 18.1 Å². The van der Waals surface area contributed by atoms with Gasteiger partial charge in [0, 0.05) is 31.5 Å². The summed E-state index contributed by atoms with van der Waals surface area (Å²) in [5.41, 5.74) is 0.720. The number of amides is 4. The summed E-state index contributed by atoms with van der Waals surface area (Å²) in [6.07, 6.45) is 3.60. The van der Waals surface area contributed by atoms with E-state index in [1.165, 1.54) is 24.3 Å². The zero-order valence-electron chi connectivity index (χ0n) is 19.2. The SMILES string of the molecule is C=CCOC(=O)N[C@@H](CNC(=O)c1ccc(OCCNC(=O)NCc2cccnc2)cc1O)C(=O)O. The second-order valence-electron chi connectivity index (χ2n) is 7.13. The summed E-state index contributed by atoms with van der Waals surface area (Å²) in [6.45, 7) is 3.40. The van der Waals surface area contributed by atoms with Gasteiger partial charge in [-0.1, -0.05) is 18.7 Å². The first-order valence-electron chi connectivity index (χ1n) is 10.7. The smallest absolute Gasteiger partial charge is 0.408 e. The van der Waals surface area contributed by atoms with Gasteiger partial charge in [-0.2, -0.15) is 0 Å². The van der Waals surface area contributed by atoms with Crippen molar-refractivity contribution in [1.82, 2.24) is 26.3 Å². The van der Waals surface area contributed by atoms with E-state index in [2.05, 4.69) is 37.6 Å². The molecule has 0 aliphatic rings. The molecule has 192 valence electrons. The van der Waals surface area contributed by atoms with E-state index in [1.807, 2.05) is 6.07 Å². The quantitative estimate of drug-likeness (QED) is 0.170. The predicted octanol–water partition coefficient (Wildman–Crippen LogP) is 0.761. The van der Waals surface area contributed by atoms with Crippen molar-refractivity contribution in [3.8, 4) is 11.5 Å². The second-order valence-corrected chi connectivity index (χ2v) is 7.13. The fourth-order valence-electron chi connectivity index (χ4n) is 2.68. The summed E-state index contributed by atoms with van der Waals surface area (Å²) >= 11 is 0. The van der Waals surface area contributed by atoms with Gasteiger partial charge in [-0.15, -0.1) is 0 Å². The number of ether oxygens (including phenoxy) is 2. The number of carbonyl (C=O) groups excluding carboxylic acids is 3. The summed E-state index contributed by atoms with van der Waals surface area (Å²) < 4.78 is 10.1. The molecule has 1 heterocycles. The van der Waals surface area contributed by atoms with Crippen LogP contribution in [0.1, 0.15) is 15.9 Å². The van der Waals surface area contributed by atoms with Crippen molar-refractivity contribution in [1.29, 1.82) is 0 Å². The largest absolute Gasteiger partial charge is 0.507 e. The van der Waals surface area contributed by atoms with Crippen LogP contribution < -0.4 is 26.0 Å². The third kappa shape index (κ3) is 9.59. The number of nitrogens with zero attached hydrogens (tertiary/aromatic N) is 1. The number of aromatic hydroxyl groups is 1. The number of aromatic nitrogens is 1. The maximum absolute atomic E-state index is 12.3. The standard InChI is InChI=1S/C23H27N5O8/c1-2-9-36-23(34)28-18(21(31)32)14-26-20(30)17-6-5-16(11-19(17)29)35-10-8-25-22(33)27-13-15-4-3-7-24-12-15/h2-7,11-12,18,29H,1,8-10,13-14H2,(H,26,30)(H,28,34)(H,31,32)(H2,25,27,33)/t18-/m0/s1. The number of hydrogen-bond acceptors (Lipinski definition) is 8. The summed E-state index contributed by atoms with van der Waals surface area (Å²) in [4.78, 5) is 50.9. The Labute approximate surface area is 206 Å². The third-order valence-corrected chi connectivity index (χ3v) is 4.44. The fraction of sp³-hybridized carbons (Fsp3) is 0.261. The molecule has 0 spiro atoms. The Hall–Kier alpha value is -4.81. The Morgan fingerprint density at radius 3 is 2.61 bits per heavy atom. The molecule has 4 amide bonds. The molecule has 1 aromatic carbocycles. The number of carbonyl (C=O) groups is 4. The van der Waals surface area contributed by atoms with Crippen molar-refractivity contribution in [2.45, 2.75) is 12.6 Å². The number of phenols is 1.